The largest absolute Gasteiger partial charge is 0.755 e. The lowest BCUT2D eigenvalue weighted by molar-refractivity contribution is 0.542. The first-order valence-corrected chi connectivity index (χ1v) is 8.13. The molecule has 0 spiro atoms. The summed E-state index contributed by atoms with van der Waals surface area (Å²) in [7, 11) is 0. The number of halogens is 2. The van der Waals surface area contributed by atoms with Crippen molar-refractivity contribution in [1.82, 2.24) is 0 Å². The van der Waals surface area contributed by atoms with Gasteiger partial charge in [0.15, 0.2) is 0 Å². The fourth-order valence-corrected chi connectivity index (χ4v) is 2.48. The number of benzene rings is 2. The summed E-state index contributed by atoms with van der Waals surface area (Å²) in [5.41, 5.74) is 2.02. The summed E-state index contributed by atoms with van der Waals surface area (Å²) in [6, 6.07) is 11.6. The zero-order valence-electron chi connectivity index (χ0n) is 11.6. The van der Waals surface area contributed by atoms with E-state index >= 15 is 0 Å². The molecule has 0 bridgehead atoms. The minimum Gasteiger partial charge on any atom is -0.755 e. The molecule has 2 N–H and O–H groups in total. The molecule has 0 aliphatic heterocycles. The second kappa shape index (κ2) is 8.12. The van der Waals surface area contributed by atoms with Crippen LogP contribution in [0, 0.1) is 5.82 Å². The standard InChI is InChI=1S/C15H16ClFN2O2S/c16-12-4-3-11(15(17)10-12)2-1-9-18-13-5-7-14(8-6-13)19-22(20)21/h3-8,10,18-19H,1-2,9H2,(H,20,21)/p-1. The third kappa shape index (κ3) is 5.29. The van der Waals surface area contributed by atoms with Gasteiger partial charge in [-0.1, -0.05) is 17.7 Å². The Bertz CT molecular complexity index is 652. The van der Waals surface area contributed by atoms with Crippen molar-refractivity contribution in [3.63, 3.8) is 0 Å². The third-order valence-electron chi connectivity index (χ3n) is 3.05. The van der Waals surface area contributed by atoms with Crippen LogP contribution < -0.4 is 10.0 Å². The van der Waals surface area contributed by atoms with Crippen LogP contribution in [0.25, 0.3) is 0 Å². The van der Waals surface area contributed by atoms with E-state index in [1.54, 1.807) is 36.4 Å². The molecular formula is C15H15ClFN2O2S-. The topological polar surface area (TPSA) is 64.2 Å². The molecule has 0 heterocycles. The minimum atomic E-state index is -2.32. The van der Waals surface area contributed by atoms with Crippen LogP contribution in [0.3, 0.4) is 0 Å². The Kier molecular flexibility index (Phi) is 6.18. The molecule has 0 aliphatic carbocycles. The van der Waals surface area contributed by atoms with E-state index < -0.39 is 11.3 Å². The molecule has 2 rings (SSSR count). The highest BCUT2D eigenvalue weighted by Gasteiger charge is 2.02. The fourth-order valence-electron chi connectivity index (χ4n) is 1.99. The van der Waals surface area contributed by atoms with Gasteiger partial charge in [-0.05, 0) is 54.8 Å². The zero-order chi connectivity index (χ0) is 15.9. The fraction of sp³-hybridized carbons (Fsp3) is 0.200. The maximum absolute atomic E-state index is 13.6. The van der Waals surface area contributed by atoms with Crippen LogP contribution in [-0.2, 0) is 17.7 Å². The maximum Gasteiger partial charge on any atom is 0.127 e. The van der Waals surface area contributed by atoms with Gasteiger partial charge in [-0.3, -0.25) is 4.21 Å². The Morgan fingerprint density at radius 1 is 1.14 bits per heavy atom. The molecule has 0 amide bonds. The number of hydrogen-bond donors (Lipinski definition) is 2. The summed E-state index contributed by atoms with van der Waals surface area (Å²) in [5.74, 6) is -0.284. The van der Waals surface area contributed by atoms with Crippen LogP contribution in [0.15, 0.2) is 42.5 Å². The lowest BCUT2D eigenvalue weighted by Gasteiger charge is -2.10. The first kappa shape index (κ1) is 16.7. The molecule has 0 fully saturated rings. The van der Waals surface area contributed by atoms with Crippen LogP contribution in [0.4, 0.5) is 15.8 Å². The zero-order valence-corrected chi connectivity index (χ0v) is 13.2. The van der Waals surface area contributed by atoms with Crippen molar-refractivity contribution in [1.29, 1.82) is 0 Å². The summed E-state index contributed by atoms with van der Waals surface area (Å²) in [6.45, 7) is 0.683. The number of hydrogen-bond acceptors (Lipinski definition) is 3. The molecule has 22 heavy (non-hydrogen) atoms. The quantitative estimate of drug-likeness (QED) is 0.595. The van der Waals surface area contributed by atoms with Crippen molar-refractivity contribution < 1.29 is 13.2 Å². The molecule has 0 aliphatic rings. The van der Waals surface area contributed by atoms with Gasteiger partial charge in [0, 0.05) is 34.2 Å². The summed E-state index contributed by atoms with van der Waals surface area (Å²) >= 11 is 3.39. The Labute approximate surface area is 136 Å². The highest BCUT2D eigenvalue weighted by molar-refractivity contribution is 7.80. The van der Waals surface area contributed by atoms with Gasteiger partial charge < -0.3 is 14.6 Å². The summed E-state index contributed by atoms with van der Waals surface area (Å²) in [5, 5.41) is 3.59. The molecule has 0 saturated heterocycles. The molecule has 1 unspecified atom stereocenters. The van der Waals surface area contributed by atoms with Crippen LogP contribution >= 0.6 is 11.6 Å². The molecule has 0 aromatic heterocycles. The lowest BCUT2D eigenvalue weighted by atomic mass is 10.1. The predicted molar refractivity (Wildman–Crippen MR) is 87.2 cm³/mol. The van der Waals surface area contributed by atoms with Gasteiger partial charge in [-0.25, -0.2) is 4.39 Å². The first-order chi connectivity index (χ1) is 10.5. The van der Waals surface area contributed by atoms with Crippen LogP contribution in [0.1, 0.15) is 12.0 Å². The van der Waals surface area contributed by atoms with Gasteiger partial charge in [-0.15, -0.1) is 0 Å². The molecule has 1 atom stereocenters. The van der Waals surface area contributed by atoms with Gasteiger partial charge in [0.1, 0.15) is 5.82 Å². The minimum absolute atomic E-state index is 0.284. The Morgan fingerprint density at radius 2 is 1.82 bits per heavy atom. The molecule has 4 nitrogen and oxygen atoms in total. The highest BCUT2D eigenvalue weighted by Crippen LogP contribution is 2.17. The second-order valence-electron chi connectivity index (χ2n) is 4.68. The van der Waals surface area contributed by atoms with E-state index in [1.807, 2.05) is 0 Å². The second-order valence-corrected chi connectivity index (χ2v) is 5.79. The molecular weight excluding hydrogens is 327 g/mol. The SMILES string of the molecule is O=S([O-])Nc1ccc(NCCCc2ccc(Cl)cc2F)cc1. The van der Waals surface area contributed by atoms with Crippen LogP contribution in [0.2, 0.25) is 5.02 Å². The van der Waals surface area contributed by atoms with Crippen molar-refractivity contribution in [3.8, 4) is 0 Å². The molecule has 2 aromatic rings. The first-order valence-electron chi connectivity index (χ1n) is 6.68. The van der Waals surface area contributed by atoms with E-state index in [0.717, 1.165) is 12.1 Å². The smallest absolute Gasteiger partial charge is 0.127 e. The average molecular weight is 342 g/mol. The third-order valence-corrected chi connectivity index (χ3v) is 3.69. The van der Waals surface area contributed by atoms with E-state index in [1.165, 1.54) is 6.07 Å². The number of aryl methyl sites for hydroxylation is 1. The van der Waals surface area contributed by atoms with Crippen molar-refractivity contribution in [2.45, 2.75) is 12.8 Å². The molecule has 7 heteroatoms. The number of rotatable bonds is 7. The Morgan fingerprint density at radius 3 is 2.45 bits per heavy atom. The molecule has 0 saturated carbocycles. The monoisotopic (exact) mass is 341 g/mol. The Balaban J connectivity index is 1.77. The highest BCUT2D eigenvalue weighted by atomic mass is 35.5. The average Bonchev–Trinajstić information content (AvgIpc) is 2.46. The maximum atomic E-state index is 13.6. The summed E-state index contributed by atoms with van der Waals surface area (Å²) < 4.78 is 36.8. The van der Waals surface area contributed by atoms with Crippen molar-refractivity contribution in [2.24, 2.45) is 0 Å². The normalized spacial score (nSPS) is 12.0. The van der Waals surface area contributed by atoms with Gasteiger partial charge >= 0.3 is 0 Å². The van der Waals surface area contributed by atoms with Crippen LogP contribution in [-0.4, -0.2) is 15.3 Å². The molecule has 118 valence electrons. The molecule has 2 aromatic carbocycles. The lowest BCUT2D eigenvalue weighted by Crippen LogP contribution is -2.05. The number of nitrogens with one attached hydrogen (secondary N) is 2. The van der Waals surface area contributed by atoms with E-state index in [0.29, 0.717) is 29.2 Å². The number of anilines is 2. The van der Waals surface area contributed by atoms with Gasteiger partial charge in [-0.2, -0.15) is 0 Å². The summed E-state index contributed by atoms with van der Waals surface area (Å²) in [4.78, 5) is 0. The van der Waals surface area contributed by atoms with Crippen molar-refractivity contribution in [2.75, 3.05) is 16.6 Å². The van der Waals surface area contributed by atoms with Crippen molar-refractivity contribution in [3.05, 3.63) is 58.9 Å². The summed E-state index contributed by atoms with van der Waals surface area (Å²) in [6.07, 6.45) is 1.38. The van der Waals surface area contributed by atoms with Gasteiger partial charge in [0.05, 0.1) is 0 Å². The van der Waals surface area contributed by atoms with Gasteiger partial charge in [0.25, 0.3) is 0 Å². The molecule has 0 radical (unpaired) electrons. The van der Waals surface area contributed by atoms with E-state index in [4.69, 9.17) is 11.6 Å². The Hall–Kier alpha value is -1.63. The van der Waals surface area contributed by atoms with Gasteiger partial charge in [0.2, 0.25) is 0 Å². The van der Waals surface area contributed by atoms with E-state index in [9.17, 15) is 13.2 Å². The predicted octanol–water partition coefficient (Wildman–Crippen LogP) is 3.73. The van der Waals surface area contributed by atoms with E-state index in [-0.39, 0.29) is 5.82 Å². The van der Waals surface area contributed by atoms with E-state index in [2.05, 4.69) is 10.0 Å². The van der Waals surface area contributed by atoms with Crippen molar-refractivity contribution >= 4 is 34.2 Å². The van der Waals surface area contributed by atoms with Crippen LogP contribution in [0.5, 0.6) is 0 Å².